The number of aryl methyl sites for hydroxylation is 2. The normalized spacial score (nSPS) is 13.1. The van der Waals surface area contributed by atoms with E-state index < -0.39 is 21.8 Å². The number of hydrogen-bond acceptors (Lipinski definition) is 5. The van der Waals surface area contributed by atoms with Crippen LogP contribution in [0.2, 0.25) is 36.3 Å². The molecule has 0 radical (unpaired) electrons. The van der Waals surface area contributed by atoms with Crippen molar-refractivity contribution in [2.24, 2.45) is 14.1 Å². The van der Waals surface area contributed by atoms with E-state index in [9.17, 15) is 5.11 Å². The van der Waals surface area contributed by atoms with E-state index >= 15 is 0 Å². The minimum atomic E-state index is -1.81. The van der Waals surface area contributed by atoms with Crippen LogP contribution in [0.25, 0.3) is 22.5 Å². The molecule has 0 saturated heterocycles. The first kappa shape index (κ1) is 45.8. The highest BCUT2D eigenvalue weighted by atomic mass is 79.9. The van der Waals surface area contributed by atoms with Crippen LogP contribution in [0, 0.1) is 0 Å². The van der Waals surface area contributed by atoms with Crippen molar-refractivity contribution in [3.8, 4) is 22.5 Å². The summed E-state index contributed by atoms with van der Waals surface area (Å²) in [6.45, 7) is 26.1. The van der Waals surface area contributed by atoms with Crippen LogP contribution in [0.3, 0.4) is 0 Å². The van der Waals surface area contributed by atoms with Gasteiger partial charge in [-0.05, 0) is 61.3 Å². The van der Waals surface area contributed by atoms with Gasteiger partial charge in [-0.3, -0.25) is 0 Å². The van der Waals surface area contributed by atoms with Gasteiger partial charge >= 0.3 is 0 Å². The van der Waals surface area contributed by atoms with Gasteiger partial charge in [-0.1, -0.05) is 111 Å². The van der Waals surface area contributed by atoms with Gasteiger partial charge in [0.1, 0.15) is 23.9 Å². The highest BCUT2D eigenvalue weighted by Crippen LogP contribution is 2.40. The SMILES string of the molecule is CC(C)(C)[Si](C)(C)Cl.CC(O)c1nc(-c2ccc(Br)cc2)cn1C.CC(O[Si](C)(C)C(C)(C)C)c1nc(-c2ccc(Br)cc2)cn1C.c1c[nH]cn1. The van der Waals surface area contributed by atoms with Crippen molar-refractivity contribution in [2.45, 2.75) is 104 Å². The molecule has 5 aromatic rings. The summed E-state index contributed by atoms with van der Waals surface area (Å²) >= 11 is 13.0. The molecule has 2 unspecified atom stereocenters. The summed E-state index contributed by atoms with van der Waals surface area (Å²) in [5, 5.41) is 10.1. The lowest BCUT2D eigenvalue weighted by molar-refractivity contribution is 0.185. The Morgan fingerprint density at radius 2 is 1.15 bits per heavy atom. The summed E-state index contributed by atoms with van der Waals surface area (Å²) in [4.78, 5) is 15.6. The molecule has 5 rings (SSSR count). The number of aliphatic hydroxyl groups is 1. The fraction of sp³-hybridized carbons (Fsp3) is 0.462. The fourth-order valence-electron chi connectivity index (χ4n) is 4.13. The van der Waals surface area contributed by atoms with E-state index in [1.54, 1.807) is 25.6 Å². The van der Waals surface area contributed by atoms with Crippen LogP contribution >= 0.6 is 42.9 Å². The van der Waals surface area contributed by atoms with Crippen molar-refractivity contribution in [1.82, 2.24) is 29.1 Å². The maximum absolute atomic E-state index is 9.52. The summed E-state index contributed by atoms with van der Waals surface area (Å²) < 4.78 is 12.5. The number of aromatic amines is 1. The summed E-state index contributed by atoms with van der Waals surface area (Å²) in [7, 11) is 0.727. The monoisotopic (exact) mass is 892 g/mol. The molecule has 13 heteroatoms. The number of rotatable bonds is 6. The van der Waals surface area contributed by atoms with Gasteiger partial charge in [-0.2, -0.15) is 11.1 Å². The number of benzene rings is 2. The largest absolute Gasteiger partial charge is 0.407 e. The molecule has 3 heterocycles. The van der Waals surface area contributed by atoms with E-state index in [0.29, 0.717) is 10.9 Å². The molecule has 52 heavy (non-hydrogen) atoms. The van der Waals surface area contributed by atoms with Crippen LogP contribution in [0.5, 0.6) is 0 Å². The molecule has 2 atom stereocenters. The summed E-state index contributed by atoms with van der Waals surface area (Å²) in [6.07, 6.45) is 8.52. The van der Waals surface area contributed by atoms with E-state index in [2.05, 4.69) is 144 Å². The Labute approximate surface area is 335 Å². The van der Waals surface area contributed by atoms with Crippen molar-refractivity contribution < 1.29 is 9.53 Å². The second-order valence-corrected chi connectivity index (χ2v) is 29.8. The van der Waals surface area contributed by atoms with E-state index in [0.717, 1.165) is 37.3 Å². The zero-order chi connectivity index (χ0) is 39.7. The molecule has 0 bridgehead atoms. The third-order valence-corrected chi connectivity index (χ3v) is 20.2. The molecule has 0 saturated carbocycles. The van der Waals surface area contributed by atoms with Crippen molar-refractivity contribution in [3.63, 3.8) is 0 Å². The van der Waals surface area contributed by atoms with Gasteiger partial charge in [0, 0.05) is 59.0 Å². The quantitative estimate of drug-likeness (QED) is 0.131. The van der Waals surface area contributed by atoms with Crippen LogP contribution in [-0.2, 0) is 18.5 Å². The molecule has 3 aromatic heterocycles. The second-order valence-electron chi connectivity index (χ2n) is 15.9. The molecule has 8 nitrogen and oxygen atoms in total. The van der Waals surface area contributed by atoms with E-state index in [1.165, 1.54) is 0 Å². The van der Waals surface area contributed by atoms with Gasteiger partial charge < -0.3 is 23.7 Å². The Kier molecular flexibility index (Phi) is 17.0. The average Bonchev–Trinajstić information content (AvgIpc) is 3.80. The zero-order valence-electron chi connectivity index (χ0n) is 33.4. The smallest absolute Gasteiger partial charge is 0.193 e. The molecule has 286 valence electrons. The Morgan fingerprint density at radius 1 is 0.750 bits per heavy atom. The molecule has 2 aromatic carbocycles. The third-order valence-electron chi connectivity index (χ3n) is 9.31. The number of halogens is 3. The number of nitrogens with one attached hydrogen (secondary N) is 1. The first-order valence-electron chi connectivity index (χ1n) is 17.4. The zero-order valence-corrected chi connectivity index (χ0v) is 39.3. The molecule has 0 fully saturated rings. The van der Waals surface area contributed by atoms with Crippen LogP contribution in [0.15, 0.2) is 88.6 Å². The lowest BCUT2D eigenvalue weighted by Crippen LogP contribution is -2.41. The van der Waals surface area contributed by atoms with Crippen LogP contribution in [-0.4, -0.2) is 49.9 Å². The van der Waals surface area contributed by atoms with Crippen LogP contribution in [0.1, 0.15) is 79.2 Å². The first-order chi connectivity index (χ1) is 23.8. The Morgan fingerprint density at radius 3 is 1.44 bits per heavy atom. The van der Waals surface area contributed by atoms with Crippen molar-refractivity contribution in [1.29, 1.82) is 0 Å². The average molecular weight is 895 g/mol. The highest BCUT2D eigenvalue weighted by molar-refractivity contribution is 9.10. The van der Waals surface area contributed by atoms with Crippen molar-refractivity contribution in [2.75, 3.05) is 0 Å². The first-order valence-corrected chi connectivity index (χ1v) is 25.9. The lowest BCUT2D eigenvalue weighted by atomic mass is 10.2. The topological polar surface area (TPSA) is 93.8 Å². The summed E-state index contributed by atoms with van der Waals surface area (Å²) in [5.74, 6) is 1.66. The lowest BCUT2D eigenvalue weighted by Gasteiger charge is -2.38. The number of imidazole rings is 3. The van der Waals surface area contributed by atoms with Crippen LogP contribution < -0.4 is 0 Å². The Hall–Kier alpha value is -2.33. The molecular formula is C39H59Br2ClN6O2Si2. The fourth-order valence-corrected chi connectivity index (χ4v) is 6.00. The number of aromatic nitrogens is 6. The van der Waals surface area contributed by atoms with Gasteiger partial charge in [-0.25, -0.2) is 15.0 Å². The molecule has 0 aliphatic rings. The maximum Gasteiger partial charge on any atom is 0.193 e. The molecule has 0 amide bonds. The van der Waals surface area contributed by atoms with E-state index in [1.807, 2.05) is 61.3 Å². The van der Waals surface area contributed by atoms with Gasteiger partial charge in [-0.15, -0.1) is 0 Å². The number of hydrogen-bond donors (Lipinski definition) is 2. The standard InChI is InChI=1S/C18H27BrN2OSi.C12H13BrN2O.C6H15ClSi.C3H4N2/c1-13(22-23(6,7)18(2,3)4)17-20-16(12-21(17)5)14-8-10-15(19)11-9-14;1-8(16)12-14-11(7-15(12)2)9-3-5-10(13)6-4-9;1-6(2,3)8(4,5)7;1-2-5-3-4-1/h8-13H,1-7H3;3-8,16H,1-2H3;1-5H3;1-3H,(H,4,5). The van der Waals surface area contributed by atoms with E-state index in [4.69, 9.17) is 20.5 Å². The predicted molar refractivity (Wildman–Crippen MR) is 232 cm³/mol. The highest BCUT2D eigenvalue weighted by Gasteiger charge is 2.39. The molecule has 0 aliphatic heterocycles. The van der Waals surface area contributed by atoms with Gasteiger partial charge in [0.05, 0.1) is 17.7 Å². The summed E-state index contributed by atoms with van der Waals surface area (Å²) in [5.41, 5.74) is 4.03. The molecular weight excluding hydrogens is 836 g/mol. The van der Waals surface area contributed by atoms with E-state index in [-0.39, 0.29) is 11.1 Å². The van der Waals surface area contributed by atoms with Gasteiger partial charge in [0.2, 0.25) is 0 Å². The molecule has 0 spiro atoms. The minimum absolute atomic E-state index is 0.00918. The number of nitrogens with zero attached hydrogens (tertiary/aromatic N) is 5. The molecule has 0 aliphatic carbocycles. The van der Waals surface area contributed by atoms with Gasteiger partial charge in [0.15, 0.2) is 15.7 Å². The minimum Gasteiger partial charge on any atom is -0.407 e. The van der Waals surface area contributed by atoms with Crippen LogP contribution in [0.4, 0.5) is 0 Å². The molecule has 2 N–H and O–H groups in total. The number of aliphatic hydroxyl groups excluding tert-OH is 1. The Bertz CT molecular complexity index is 1740. The van der Waals surface area contributed by atoms with Crippen molar-refractivity contribution in [3.05, 3.63) is 100 Å². The third kappa shape index (κ3) is 14.1. The summed E-state index contributed by atoms with van der Waals surface area (Å²) in [6, 6.07) is 16.2. The predicted octanol–water partition coefficient (Wildman–Crippen LogP) is 12.5. The maximum atomic E-state index is 9.52. The van der Waals surface area contributed by atoms with Crippen molar-refractivity contribution >= 4 is 58.6 Å². The second kappa shape index (κ2) is 19.3. The van der Waals surface area contributed by atoms with Gasteiger partial charge in [0.25, 0.3) is 0 Å². The number of H-pyrrole nitrogens is 1. The Balaban J connectivity index is 0.000000277.